The van der Waals surface area contributed by atoms with Crippen molar-refractivity contribution in [3.05, 3.63) is 46.5 Å². The lowest BCUT2D eigenvalue weighted by atomic mass is 10.00. The van der Waals surface area contributed by atoms with Crippen LogP contribution in [0.4, 0.5) is 0 Å². The van der Waals surface area contributed by atoms with Crippen molar-refractivity contribution in [1.29, 1.82) is 0 Å². The summed E-state index contributed by atoms with van der Waals surface area (Å²) in [5.74, 6) is 0.709. The van der Waals surface area contributed by atoms with Crippen LogP contribution >= 0.6 is 11.8 Å². The van der Waals surface area contributed by atoms with Gasteiger partial charge in [-0.2, -0.15) is 0 Å². The normalized spacial score (nSPS) is 28.6. The van der Waals surface area contributed by atoms with E-state index in [-0.39, 0.29) is 4.08 Å². The zero-order valence-corrected chi connectivity index (χ0v) is 13.1. The summed E-state index contributed by atoms with van der Waals surface area (Å²) in [7, 11) is -0.840. The minimum absolute atomic E-state index is 0.253. The van der Waals surface area contributed by atoms with E-state index in [4.69, 9.17) is 0 Å². The van der Waals surface area contributed by atoms with Crippen molar-refractivity contribution in [1.82, 2.24) is 0 Å². The van der Waals surface area contributed by atoms with Crippen LogP contribution in [0.2, 0.25) is 0 Å². The zero-order valence-electron chi connectivity index (χ0n) is 11.4. The van der Waals surface area contributed by atoms with Gasteiger partial charge in [-0.05, 0) is 39.0 Å². The molecule has 0 N–H and O–H groups in total. The largest absolute Gasteiger partial charge is 0.257 e. The Hall–Kier alpha value is -0.540. The molecule has 98 valence electrons. The average Bonchev–Trinajstić information content (AvgIpc) is 2.35. The standard InChI is InChI=1S/C15H20OS2/c1-11-5-7-14(8-6-11)15(17-4)9-12(2)13(3)10-18(15)16/h5-8H,9-10H2,1-4H3/t15-,18-/m1/s1. The molecule has 0 bridgehead atoms. The highest BCUT2D eigenvalue weighted by Gasteiger charge is 2.41. The molecular weight excluding hydrogens is 260 g/mol. The lowest BCUT2D eigenvalue weighted by Gasteiger charge is -2.36. The molecule has 0 aromatic heterocycles. The van der Waals surface area contributed by atoms with E-state index in [9.17, 15) is 4.21 Å². The molecule has 1 aliphatic heterocycles. The molecule has 0 fully saturated rings. The fourth-order valence-electron chi connectivity index (χ4n) is 2.34. The Bertz CT molecular complexity index is 502. The molecule has 0 amide bonds. The summed E-state index contributed by atoms with van der Waals surface area (Å²) in [6, 6.07) is 8.51. The highest BCUT2D eigenvalue weighted by atomic mass is 32.2. The van der Waals surface area contributed by atoms with E-state index in [1.165, 1.54) is 22.3 Å². The van der Waals surface area contributed by atoms with Crippen molar-refractivity contribution in [2.45, 2.75) is 31.3 Å². The maximum atomic E-state index is 12.6. The van der Waals surface area contributed by atoms with Gasteiger partial charge in [-0.3, -0.25) is 4.21 Å². The van der Waals surface area contributed by atoms with Crippen LogP contribution < -0.4 is 0 Å². The SMILES string of the molecule is CS[C@]1(c2ccc(C)cc2)CC(C)=C(C)C[S@]1=O. The van der Waals surface area contributed by atoms with Gasteiger partial charge in [-0.1, -0.05) is 41.0 Å². The van der Waals surface area contributed by atoms with Gasteiger partial charge < -0.3 is 0 Å². The van der Waals surface area contributed by atoms with Crippen LogP contribution in [0, 0.1) is 6.92 Å². The maximum Gasteiger partial charge on any atom is 0.120 e. The molecule has 1 aromatic rings. The topological polar surface area (TPSA) is 17.1 Å². The molecule has 1 aliphatic rings. The first kappa shape index (κ1) is 13.9. The molecule has 1 heterocycles. The first-order valence-corrected chi connectivity index (χ1v) is 8.70. The molecule has 2 atom stereocenters. The van der Waals surface area contributed by atoms with Gasteiger partial charge in [0.1, 0.15) is 4.08 Å². The van der Waals surface area contributed by atoms with Gasteiger partial charge in [0.05, 0.1) is 0 Å². The Morgan fingerprint density at radius 3 is 2.28 bits per heavy atom. The summed E-state index contributed by atoms with van der Waals surface area (Å²) in [6.45, 7) is 6.36. The Morgan fingerprint density at radius 2 is 1.72 bits per heavy atom. The second kappa shape index (κ2) is 5.22. The van der Waals surface area contributed by atoms with Crippen molar-refractivity contribution in [2.75, 3.05) is 12.0 Å². The van der Waals surface area contributed by atoms with Crippen molar-refractivity contribution in [3.63, 3.8) is 0 Å². The van der Waals surface area contributed by atoms with Crippen molar-refractivity contribution >= 4 is 22.6 Å². The van der Waals surface area contributed by atoms with E-state index in [1.807, 2.05) is 0 Å². The minimum atomic E-state index is -0.840. The summed E-state index contributed by atoms with van der Waals surface area (Å²) in [6.07, 6.45) is 2.97. The Labute approximate surface area is 117 Å². The molecule has 3 heteroatoms. The van der Waals surface area contributed by atoms with Gasteiger partial charge in [-0.25, -0.2) is 0 Å². The highest BCUT2D eigenvalue weighted by molar-refractivity contribution is 8.11. The van der Waals surface area contributed by atoms with E-state index >= 15 is 0 Å². The summed E-state index contributed by atoms with van der Waals surface area (Å²) in [5, 5.41) is 0. The molecule has 0 saturated carbocycles. The van der Waals surface area contributed by atoms with Crippen LogP contribution in [-0.2, 0) is 14.9 Å². The number of aryl methyl sites for hydroxylation is 1. The van der Waals surface area contributed by atoms with Crippen molar-refractivity contribution in [2.24, 2.45) is 0 Å². The third-order valence-corrected chi connectivity index (χ3v) is 7.67. The fraction of sp³-hybridized carbons (Fsp3) is 0.467. The number of thioether (sulfide) groups is 1. The molecule has 1 nitrogen and oxygen atoms in total. The molecule has 0 radical (unpaired) electrons. The molecule has 1 aromatic carbocycles. The second-order valence-corrected chi connectivity index (χ2v) is 8.09. The number of allylic oxidation sites excluding steroid dienone is 1. The van der Waals surface area contributed by atoms with E-state index in [2.05, 4.69) is 51.3 Å². The van der Waals surface area contributed by atoms with E-state index < -0.39 is 10.8 Å². The van der Waals surface area contributed by atoms with E-state index in [0.717, 1.165) is 6.42 Å². The zero-order chi connectivity index (χ0) is 13.3. The second-order valence-electron chi connectivity index (χ2n) is 5.05. The van der Waals surface area contributed by atoms with Crippen LogP contribution in [0.15, 0.2) is 35.4 Å². The lowest BCUT2D eigenvalue weighted by Crippen LogP contribution is -2.33. The smallest absolute Gasteiger partial charge is 0.120 e. The fourth-order valence-corrected chi connectivity index (χ4v) is 5.64. The molecule has 18 heavy (non-hydrogen) atoms. The maximum absolute atomic E-state index is 12.6. The minimum Gasteiger partial charge on any atom is -0.257 e. The van der Waals surface area contributed by atoms with E-state index in [1.54, 1.807) is 11.8 Å². The Morgan fingerprint density at radius 1 is 1.11 bits per heavy atom. The predicted molar refractivity (Wildman–Crippen MR) is 82.4 cm³/mol. The van der Waals surface area contributed by atoms with Gasteiger partial charge in [0.2, 0.25) is 0 Å². The first-order chi connectivity index (χ1) is 8.49. The van der Waals surface area contributed by atoms with Crippen LogP contribution in [-0.4, -0.2) is 16.2 Å². The van der Waals surface area contributed by atoms with Crippen molar-refractivity contribution in [3.8, 4) is 0 Å². The van der Waals surface area contributed by atoms with Gasteiger partial charge >= 0.3 is 0 Å². The number of benzene rings is 1. The highest BCUT2D eigenvalue weighted by Crippen LogP contribution is 2.47. The molecule has 0 saturated heterocycles. The van der Waals surface area contributed by atoms with Crippen LogP contribution in [0.25, 0.3) is 0 Å². The lowest BCUT2D eigenvalue weighted by molar-refractivity contribution is 0.658. The molecule has 0 aliphatic carbocycles. The van der Waals surface area contributed by atoms with Gasteiger partial charge in [0.25, 0.3) is 0 Å². The molecule has 0 unspecified atom stereocenters. The molecule has 2 rings (SSSR count). The monoisotopic (exact) mass is 280 g/mol. The van der Waals surface area contributed by atoms with Crippen LogP contribution in [0.3, 0.4) is 0 Å². The predicted octanol–water partition coefficient (Wildman–Crippen LogP) is 4.00. The quantitative estimate of drug-likeness (QED) is 0.762. The summed E-state index contributed by atoms with van der Waals surface area (Å²) in [5.41, 5.74) is 5.14. The van der Waals surface area contributed by atoms with E-state index in [0.29, 0.717) is 5.75 Å². The summed E-state index contributed by atoms with van der Waals surface area (Å²) >= 11 is 1.73. The van der Waals surface area contributed by atoms with Crippen molar-refractivity contribution < 1.29 is 4.21 Å². The molecule has 0 spiro atoms. The number of hydrogen-bond acceptors (Lipinski definition) is 2. The third kappa shape index (κ3) is 2.30. The van der Waals surface area contributed by atoms with Gasteiger partial charge in [0, 0.05) is 16.6 Å². The average molecular weight is 280 g/mol. The Balaban J connectivity index is 2.49. The third-order valence-electron chi connectivity index (χ3n) is 3.76. The first-order valence-electron chi connectivity index (χ1n) is 6.15. The van der Waals surface area contributed by atoms with Crippen LogP contribution in [0.5, 0.6) is 0 Å². The van der Waals surface area contributed by atoms with Crippen LogP contribution in [0.1, 0.15) is 31.4 Å². The summed E-state index contributed by atoms with van der Waals surface area (Å²) < 4.78 is 12.4. The number of rotatable bonds is 2. The molecular formula is C15H20OS2. The summed E-state index contributed by atoms with van der Waals surface area (Å²) in [4.78, 5) is 0. The van der Waals surface area contributed by atoms with Gasteiger partial charge in [0.15, 0.2) is 0 Å². The number of hydrogen-bond donors (Lipinski definition) is 0. The van der Waals surface area contributed by atoms with Gasteiger partial charge in [-0.15, -0.1) is 11.8 Å². The Kier molecular flexibility index (Phi) is 4.02.